The third-order valence-corrected chi connectivity index (χ3v) is 8.68. The Morgan fingerprint density at radius 1 is 1.17 bits per heavy atom. The number of carbonyl (C=O) groups is 1. The lowest BCUT2D eigenvalue weighted by atomic mass is 10.1. The van der Waals surface area contributed by atoms with E-state index in [4.69, 9.17) is 9.47 Å². The van der Waals surface area contributed by atoms with Crippen LogP contribution in [0.3, 0.4) is 0 Å². The summed E-state index contributed by atoms with van der Waals surface area (Å²) >= 11 is 1.06. The Labute approximate surface area is 214 Å². The number of benzene rings is 2. The van der Waals surface area contributed by atoms with Crippen LogP contribution in [0.1, 0.15) is 12.0 Å². The highest BCUT2D eigenvalue weighted by atomic mass is 32.2. The number of morpholine rings is 1. The van der Waals surface area contributed by atoms with Gasteiger partial charge in [0.15, 0.2) is 0 Å². The van der Waals surface area contributed by atoms with E-state index in [0.29, 0.717) is 19.0 Å². The molecule has 1 aliphatic rings. The van der Waals surface area contributed by atoms with Crippen LogP contribution in [0.4, 0.5) is 5.69 Å². The molecule has 4 rings (SSSR count). The maximum Gasteiger partial charge on any atom is 0.322 e. The number of thiophene rings is 1. The molecule has 0 radical (unpaired) electrons. The largest absolute Gasteiger partial charge is 0.497 e. The summed E-state index contributed by atoms with van der Waals surface area (Å²) in [5.41, 5.74) is 2.58. The molecule has 3 aromatic rings. The summed E-state index contributed by atoms with van der Waals surface area (Å²) in [6, 6.07) is 16.7. The van der Waals surface area contributed by atoms with Crippen LogP contribution in [0.25, 0.3) is 10.4 Å². The SMILES string of the molecule is COc1ccc(-c2ccc(S(=O)(=O)NC(CC#Cc3cccc(N4CCOCC4)c3)C(=O)O)s2)cc1. The molecule has 0 saturated carbocycles. The van der Waals surface area contributed by atoms with Crippen molar-refractivity contribution in [3.05, 3.63) is 66.2 Å². The highest BCUT2D eigenvalue weighted by Crippen LogP contribution is 2.31. The molecule has 8 nitrogen and oxygen atoms in total. The quantitative estimate of drug-likeness (QED) is 0.433. The number of methoxy groups -OCH3 is 1. The Kier molecular flexibility index (Phi) is 8.28. The number of ether oxygens (including phenoxy) is 2. The Morgan fingerprint density at radius 2 is 1.92 bits per heavy atom. The molecule has 1 unspecified atom stereocenters. The van der Waals surface area contributed by atoms with E-state index in [2.05, 4.69) is 21.5 Å². The molecule has 1 saturated heterocycles. The topological polar surface area (TPSA) is 105 Å². The van der Waals surface area contributed by atoms with Crippen molar-refractivity contribution in [2.75, 3.05) is 38.3 Å². The van der Waals surface area contributed by atoms with Crippen molar-refractivity contribution in [1.29, 1.82) is 0 Å². The van der Waals surface area contributed by atoms with E-state index in [9.17, 15) is 18.3 Å². The number of hydrogen-bond acceptors (Lipinski definition) is 7. The number of carboxylic acid groups (broad SMARTS) is 1. The van der Waals surface area contributed by atoms with Crippen LogP contribution in [-0.4, -0.2) is 58.9 Å². The predicted molar refractivity (Wildman–Crippen MR) is 139 cm³/mol. The van der Waals surface area contributed by atoms with Gasteiger partial charge in [-0.15, -0.1) is 11.3 Å². The molecule has 10 heteroatoms. The molecular formula is C26H26N2O6S2. The van der Waals surface area contributed by atoms with E-state index >= 15 is 0 Å². The standard InChI is InChI=1S/C26H26N2O6S2/c1-33-22-10-8-20(9-11-22)24-12-13-25(35-24)36(31,32)27-23(26(29)30)7-3-5-19-4-2-6-21(18-19)28-14-16-34-17-15-28/h2,4,6,8-13,18,23,27H,7,14-17H2,1H3,(H,29,30). The van der Waals surface area contributed by atoms with Crippen molar-refractivity contribution in [1.82, 2.24) is 4.72 Å². The third-order valence-electron chi connectivity index (χ3n) is 5.58. The fraction of sp³-hybridized carbons (Fsp3) is 0.269. The van der Waals surface area contributed by atoms with Gasteiger partial charge in [-0.25, -0.2) is 8.42 Å². The fourth-order valence-corrected chi connectivity index (χ4v) is 6.17. The maximum atomic E-state index is 12.9. The highest BCUT2D eigenvalue weighted by molar-refractivity contribution is 7.91. The minimum absolute atomic E-state index is 0.0331. The third kappa shape index (κ3) is 6.44. The van der Waals surface area contributed by atoms with Crippen LogP contribution in [0.2, 0.25) is 0 Å². The first-order chi connectivity index (χ1) is 17.4. The monoisotopic (exact) mass is 526 g/mol. The van der Waals surface area contributed by atoms with E-state index in [0.717, 1.165) is 46.1 Å². The highest BCUT2D eigenvalue weighted by Gasteiger charge is 2.26. The van der Waals surface area contributed by atoms with Crippen LogP contribution < -0.4 is 14.4 Å². The lowest BCUT2D eigenvalue weighted by Gasteiger charge is -2.28. The zero-order valence-corrected chi connectivity index (χ0v) is 21.3. The first-order valence-corrected chi connectivity index (χ1v) is 13.6. The van der Waals surface area contributed by atoms with Gasteiger partial charge in [-0.1, -0.05) is 17.9 Å². The smallest absolute Gasteiger partial charge is 0.322 e. The number of nitrogens with one attached hydrogen (secondary N) is 1. The van der Waals surface area contributed by atoms with E-state index in [1.165, 1.54) is 6.07 Å². The summed E-state index contributed by atoms with van der Waals surface area (Å²) in [5, 5.41) is 9.61. The van der Waals surface area contributed by atoms with Crippen LogP contribution in [0.15, 0.2) is 64.9 Å². The lowest BCUT2D eigenvalue weighted by molar-refractivity contribution is -0.138. The molecule has 2 N–H and O–H groups in total. The molecule has 2 heterocycles. The molecule has 0 bridgehead atoms. The molecule has 1 aliphatic heterocycles. The van der Waals surface area contributed by atoms with Gasteiger partial charge >= 0.3 is 5.97 Å². The van der Waals surface area contributed by atoms with Gasteiger partial charge in [0.2, 0.25) is 0 Å². The van der Waals surface area contributed by atoms with E-state index < -0.39 is 22.0 Å². The van der Waals surface area contributed by atoms with Crippen molar-refractivity contribution in [3.63, 3.8) is 0 Å². The fourth-order valence-electron chi connectivity index (χ4n) is 3.66. The van der Waals surface area contributed by atoms with Gasteiger partial charge in [0.25, 0.3) is 10.0 Å². The average molecular weight is 527 g/mol. The molecule has 0 aliphatic carbocycles. The molecule has 1 atom stereocenters. The number of carboxylic acids is 1. The first-order valence-electron chi connectivity index (χ1n) is 11.3. The van der Waals surface area contributed by atoms with E-state index in [1.54, 1.807) is 25.3 Å². The number of rotatable bonds is 8. The number of sulfonamides is 1. The molecule has 0 spiro atoms. The summed E-state index contributed by atoms with van der Waals surface area (Å²) in [5.74, 6) is 5.18. The minimum atomic E-state index is -4.04. The van der Waals surface area contributed by atoms with Gasteiger partial charge in [0, 0.05) is 35.6 Å². The summed E-state index contributed by atoms with van der Waals surface area (Å²) in [4.78, 5) is 14.7. The number of aliphatic carboxylic acids is 1. The number of nitrogens with zero attached hydrogens (tertiary/aromatic N) is 1. The predicted octanol–water partition coefficient (Wildman–Crippen LogP) is 3.43. The summed E-state index contributed by atoms with van der Waals surface area (Å²) < 4.78 is 38.6. The number of hydrogen-bond donors (Lipinski definition) is 2. The Morgan fingerprint density at radius 3 is 2.61 bits per heavy atom. The molecule has 188 valence electrons. The van der Waals surface area contributed by atoms with Gasteiger partial charge in [0.05, 0.1) is 20.3 Å². The minimum Gasteiger partial charge on any atom is -0.497 e. The lowest BCUT2D eigenvalue weighted by Crippen LogP contribution is -2.40. The molecule has 1 aromatic heterocycles. The van der Waals surface area contributed by atoms with Crippen LogP contribution in [-0.2, 0) is 19.6 Å². The van der Waals surface area contributed by atoms with E-state index in [-0.39, 0.29) is 10.6 Å². The first kappa shape index (κ1) is 25.7. The maximum absolute atomic E-state index is 12.9. The Balaban J connectivity index is 1.44. The van der Waals surface area contributed by atoms with Gasteiger partial charge in [-0.05, 0) is 60.2 Å². The Bertz CT molecular complexity index is 1370. The van der Waals surface area contributed by atoms with Crippen molar-refractivity contribution in [3.8, 4) is 28.0 Å². The number of anilines is 1. The second kappa shape index (κ2) is 11.6. The van der Waals surface area contributed by atoms with Crippen molar-refractivity contribution < 1.29 is 27.8 Å². The second-order valence-corrected chi connectivity index (χ2v) is 11.0. The van der Waals surface area contributed by atoms with Gasteiger partial charge in [-0.2, -0.15) is 4.72 Å². The average Bonchev–Trinajstić information content (AvgIpc) is 3.40. The molecule has 2 aromatic carbocycles. The Hall–Kier alpha value is -3.36. The summed E-state index contributed by atoms with van der Waals surface area (Å²) in [7, 11) is -2.47. The normalized spacial score (nSPS) is 14.5. The van der Waals surface area contributed by atoms with Gasteiger partial charge in [-0.3, -0.25) is 4.79 Å². The van der Waals surface area contributed by atoms with Crippen molar-refractivity contribution in [2.24, 2.45) is 0 Å². The van der Waals surface area contributed by atoms with Gasteiger partial charge < -0.3 is 19.5 Å². The zero-order valence-electron chi connectivity index (χ0n) is 19.6. The zero-order chi connectivity index (χ0) is 25.5. The molecular weight excluding hydrogens is 500 g/mol. The van der Waals surface area contributed by atoms with Crippen LogP contribution >= 0.6 is 11.3 Å². The van der Waals surface area contributed by atoms with E-state index in [1.807, 2.05) is 36.4 Å². The van der Waals surface area contributed by atoms with Crippen molar-refractivity contribution in [2.45, 2.75) is 16.7 Å². The summed E-state index contributed by atoms with van der Waals surface area (Å²) in [6.07, 6.45) is -0.174. The van der Waals surface area contributed by atoms with Crippen LogP contribution in [0, 0.1) is 11.8 Å². The molecule has 1 fully saturated rings. The summed E-state index contributed by atoms with van der Waals surface area (Å²) in [6.45, 7) is 2.93. The van der Waals surface area contributed by atoms with Crippen LogP contribution in [0.5, 0.6) is 5.75 Å². The van der Waals surface area contributed by atoms with Crippen molar-refractivity contribution >= 4 is 33.0 Å². The second-order valence-electron chi connectivity index (χ2n) is 8.01. The molecule has 0 amide bonds. The molecule has 36 heavy (non-hydrogen) atoms. The van der Waals surface area contributed by atoms with Gasteiger partial charge in [0.1, 0.15) is 16.0 Å².